The van der Waals surface area contributed by atoms with Crippen molar-refractivity contribution in [2.45, 2.75) is 26.7 Å². The van der Waals surface area contributed by atoms with E-state index >= 15 is 0 Å². The van der Waals surface area contributed by atoms with Gasteiger partial charge in [0.15, 0.2) is 11.5 Å². The van der Waals surface area contributed by atoms with Crippen LogP contribution in [0, 0.1) is 0 Å². The van der Waals surface area contributed by atoms with Gasteiger partial charge in [0.05, 0.1) is 0 Å². The molecule has 3 heteroatoms. The monoisotopic (exact) mass is 208 g/mol. The van der Waals surface area contributed by atoms with E-state index in [1.54, 1.807) is 0 Å². The molecule has 0 saturated heterocycles. The van der Waals surface area contributed by atoms with Gasteiger partial charge in [-0.2, -0.15) is 0 Å². The molecule has 15 heavy (non-hydrogen) atoms. The van der Waals surface area contributed by atoms with Gasteiger partial charge in [-0.25, -0.2) is 0 Å². The minimum Gasteiger partial charge on any atom is -0.454 e. The van der Waals surface area contributed by atoms with Crippen LogP contribution < -0.4 is 9.47 Å². The van der Waals surface area contributed by atoms with Crippen molar-refractivity contribution < 1.29 is 14.3 Å². The van der Waals surface area contributed by atoms with E-state index in [4.69, 9.17) is 9.47 Å². The molecule has 0 saturated carbocycles. The molecule has 1 aromatic rings. The quantitative estimate of drug-likeness (QED) is 0.749. The van der Waals surface area contributed by atoms with Crippen LogP contribution in [0.25, 0.3) is 0 Å². The third kappa shape index (κ3) is 3.62. The molecule has 1 aromatic carbocycles. The van der Waals surface area contributed by atoms with E-state index in [0.29, 0.717) is 25.4 Å². The summed E-state index contributed by atoms with van der Waals surface area (Å²) in [7, 11) is 0. The highest BCUT2D eigenvalue weighted by Gasteiger charge is 2.09. The number of hydrogen-bond donors (Lipinski definition) is 0. The number of Topliss-reactive ketones (excluding diaryl/α,β-unsaturated/α-hetero) is 1. The molecule has 0 fully saturated rings. The molecule has 2 rings (SSSR count). The van der Waals surface area contributed by atoms with Crippen molar-refractivity contribution in [1.82, 2.24) is 0 Å². The molecule has 82 valence electrons. The summed E-state index contributed by atoms with van der Waals surface area (Å²) in [6.45, 7) is 4.12. The molecule has 1 heterocycles. The van der Waals surface area contributed by atoms with Gasteiger partial charge in [0.25, 0.3) is 0 Å². The van der Waals surface area contributed by atoms with Crippen molar-refractivity contribution in [1.29, 1.82) is 0 Å². The van der Waals surface area contributed by atoms with Crippen LogP contribution >= 0.6 is 0 Å². The Kier molecular flexibility index (Phi) is 4.68. The number of fused-ring (bicyclic) bond motifs is 1. The van der Waals surface area contributed by atoms with Gasteiger partial charge in [0, 0.05) is 12.8 Å². The molecule has 0 unspecified atom stereocenters. The van der Waals surface area contributed by atoms with Crippen LogP contribution in [-0.4, -0.2) is 12.6 Å². The van der Waals surface area contributed by atoms with E-state index in [9.17, 15) is 4.79 Å². The highest BCUT2D eigenvalue weighted by molar-refractivity contribution is 5.77. The zero-order chi connectivity index (χ0) is 11.1. The van der Waals surface area contributed by atoms with Crippen molar-refractivity contribution >= 4 is 5.78 Å². The van der Waals surface area contributed by atoms with Crippen molar-refractivity contribution in [2.75, 3.05) is 6.79 Å². The van der Waals surface area contributed by atoms with Crippen LogP contribution in [0.4, 0.5) is 0 Å². The average molecular weight is 208 g/mol. The van der Waals surface area contributed by atoms with E-state index in [1.165, 1.54) is 0 Å². The number of carbonyl (C=O) groups excluding carboxylic acids is 1. The van der Waals surface area contributed by atoms with Crippen molar-refractivity contribution in [2.24, 2.45) is 0 Å². The summed E-state index contributed by atoms with van der Waals surface area (Å²) in [4.78, 5) is 10.2. The second-order valence-corrected chi connectivity index (χ2v) is 3.10. The normalized spacial score (nSPS) is 11.6. The maximum absolute atomic E-state index is 10.2. The molecule has 0 amide bonds. The van der Waals surface area contributed by atoms with Crippen molar-refractivity contribution in [3.05, 3.63) is 24.3 Å². The first kappa shape index (κ1) is 11.6. The first-order valence-corrected chi connectivity index (χ1v) is 5.14. The summed E-state index contributed by atoms with van der Waals surface area (Å²) >= 11 is 0. The summed E-state index contributed by atoms with van der Waals surface area (Å²) in [5.74, 6) is 2.03. The maximum Gasteiger partial charge on any atom is 0.231 e. The first-order chi connectivity index (χ1) is 7.27. The largest absolute Gasteiger partial charge is 0.454 e. The van der Waals surface area contributed by atoms with E-state index in [2.05, 4.69) is 0 Å². The molecule has 0 N–H and O–H groups in total. The lowest BCUT2D eigenvalue weighted by molar-refractivity contribution is -0.118. The number of hydrogen-bond acceptors (Lipinski definition) is 3. The summed E-state index contributed by atoms with van der Waals surface area (Å²) in [6, 6.07) is 7.63. The molecule has 0 bridgehead atoms. The van der Waals surface area contributed by atoms with Gasteiger partial charge in [0.1, 0.15) is 5.78 Å². The molecule has 0 atom stereocenters. The van der Waals surface area contributed by atoms with Crippen LogP contribution in [0.3, 0.4) is 0 Å². The Hall–Kier alpha value is -1.51. The highest BCUT2D eigenvalue weighted by Crippen LogP contribution is 2.30. The van der Waals surface area contributed by atoms with Gasteiger partial charge in [-0.15, -0.1) is 0 Å². The fraction of sp³-hybridized carbons (Fsp3) is 0.417. The fourth-order valence-corrected chi connectivity index (χ4v) is 1.10. The summed E-state index contributed by atoms with van der Waals surface area (Å²) in [5, 5.41) is 0. The smallest absolute Gasteiger partial charge is 0.231 e. The number of ether oxygens (including phenoxy) is 2. The van der Waals surface area contributed by atoms with Gasteiger partial charge in [-0.3, -0.25) is 4.79 Å². The number of para-hydroxylation sites is 2. The van der Waals surface area contributed by atoms with Gasteiger partial charge in [0.2, 0.25) is 6.79 Å². The minimum absolute atomic E-state index is 0.343. The molecule has 0 aromatic heterocycles. The zero-order valence-electron chi connectivity index (χ0n) is 9.16. The Morgan fingerprint density at radius 3 is 1.93 bits per heavy atom. The Bertz CT molecular complexity index is 291. The maximum atomic E-state index is 10.2. The molecule has 1 aliphatic heterocycles. The van der Waals surface area contributed by atoms with Gasteiger partial charge < -0.3 is 9.47 Å². The molecule has 0 radical (unpaired) electrons. The van der Waals surface area contributed by atoms with Gasteiger partial charge >= 0.3 is 0 Å². The summed E-state index contributed by atoms with van der Waals surface area (Å²) in [6.07, 6.45) is 1.38. The third-order valence-electron chi connectivity index (χ3n) is 2.07. The lowest BCUT2D eigenvalue weighted by Gasteiger charge is -1.89. The molecule has 1 aliphatic rings. The predicted octanol–water partition coefficient (Wildman–Crippen LogP) is 2.79. The minimum atomic E-state index is 0.343. The van der Waals surface area contributed by atoms with Crippen LogP contribution in [0.1, 0.15) is 26.7 Å². The standard InChI is InChI=1S/C7H6O2.C5H10O/c1-2-4-7-6(3-1)8-5-9-7;1-3-5(6)4-2/h1-4H,5H2;3-4H2,1-2H3. The van der Waals surface area contributed by atoms with Crippen LogP contribution in [0.5, 0.6) is 11.5 Å². The number of rotatable bonds is 2. The van der Waals surface area contributed by atoms with E-state index in [-0.39, 0.29) is 0 Å². The Balaban J connectivity index is 0.000000167. The van der Waals surface area contributed by atoms with Gasteiger partial charge in [-0.1, -0.05) is 26.0 Å². The predicted molar refractivity (Wildman–Crippen MR) is 58.2 cm³/mol. The molecule has 0 aliphatic carbocycles. The molecule has 3 nitrogen and oxygen atoms in total. The summed E-state index contributed by atoms with van der Waals surface area (Å²) < 4.78 is 10.2. The second kappa shape index (κ2) is 6.06. The zero-order valence-corrected chi connectivity index (χ0v) is 9.16. The van der Waals surface area contributed by atoms with Crippen molar-refractivity contribution in [3.63, 3.8) is 0 Å². The first-order valence-electron chi connectivity index (χ1n) is 5.14. The average Bonchev–Trinajstić information content (AvgIpc) is 2.76. The number of ketones is 1. The number of carbonyl (C=O) groups is 1. The molecular formula is C12H16O3. The third-order valence-corrected chi connectivity index (χ3v) is 2.07. The second-order valence-electron chi connectivity index (χ2n) is 3.10. The Labute approximate surface area is 90.0 Å². The fourth-order valence-electron chi connectivity index (χ4n) is 1.10. The Morgan fingerprint density at radius 2 is 1.60 bits per heavy atom. The lowest BCUT2D eigenvalue weighted by Crippen LogP contribution is -1.92. The SMILES string of the molecule is CCC(=O)CC.c1ccc2c(c1)OCO2. The molecular weight excluding hydrogens is 192 g/mol. The van der Waals surface area contributed by atoms with E-state index in [1.807, 2.05) is 38.1 Å². The topological polar surface area (TPSA) is 35.5 Å². The van der Waals surface area contributed by atoms with Crippen LogP contribution in [0.15, 0.2) is 24.3 Å². The van der Waals surface area contributed by atoms with Crippen LogP contribution in [0.2, 0.25) is 0 Å². The Morgan fingerprint density at radius 1 is 1.13 bits per heavy atom. The van der Waals surface area contributed by atoms with Crippen molar-refractivity contribution in [3.8, 4) is 11.5 Å². The molecule has 0 spiro atoms. The highest BCUT2D eigenvalue weighted by atomic mass is 16.7. The lowest BCUT2D eigenvalue weighted by atomic mass is 10.3. The van der Waals surface area contributed by atoms with Crippen LogP contribution in [-0.2, 0) is 4.79 Å². The van der Waals surface area contributed by atoms with E-state index in [0.717, 1.165) is 11.5 Å². The van der Waals surface area contributed by atoms with E-state index < -0.39 is 0 Å². The summed E-state index contributed by atoms with van der Waals surface area (Å²) in [5.41, 5.74) is 0. The number of benzene rings is 1. The van der Waals surface area contributed by atoms with Gasteiger partial charge in [-0.05, 0) is 12.1 Å².